The highest BCUT2D eigenvalue weighted by Crippen LogP contribution is 2.33. The third-order valence-corrected chi connectivity index (χ3v) is 5.84. The quantitative estimate of drug-likeness (QED) is 0.418. The Morgan fingerprint density at radius 2 is 1.63 bits per heavy atom. The summed E-state index contributed by atoms with van der Waals surface area (Å²) in [6, 6.07) is 12.7. The average Bonchev–Trinajstić information content (AvgIpc) is 3.16. The topological polar surface area (TPSA) is 139 Å². The molecular weight excluding hydrogens is 400 g/mol. The first-order valence-electron chi connectivity index (χ1n) is 9.59. The number of thiazole rings is 1. The molecule has 0 unspecified atom stereocenters. The molecule has 1 aromatic carbocycles. The van der Waals surface area contributed by atoms with Gasteiger partial charge in [-0.25, -0.2) is 14.8 Å². The SMILES string of the molecule is N/C(Nc1cccc(C(=O)O)n1)=C1/CCCC/C1=C(/N)Nc1nc2ccccc2s1. The minimum absolute atomic E-state index is 0.0470. The van der Waals surface area contributed by atoms with Crippen LogP contribution in [0.4, 0.5) is 10.9 Å². The molecule has 1 saturated carbocycles. The highest BCUT2D eigenvalue weighted by molar-refractivity contribution is 7.22. The summed E-state index contributed by atoms with van der Waals surface area (Å²) in [5.74, 6) is 0.240. The minimum Gasteiger partial charge on any atom is -0.477 e. The summed E-state index contributed by atoms with van der Waals surface area (Å²) in [6.45, 7) is 0. The molecular formula is C21H22N6O2S. The van der Waals surface area contributed by atoms with Crippen molar-refractivity contribution in [2.75, 3.05) is 10.6 Å². The molecule has 0 spiro atoms. The number of hydrogen-bond acceptors (Lipinski definition) is 8. The number of nitrogens with one attached hydrogen (secondary N) is 2. The number of anilines is 2. The fraction of sp³-hybridized carbons (Fsp3) is 0.190. The minimum atomic E-state index is -1.09. The van der Waals surface area contributed by atoms with Gasteiger partial charge < -0.3 is 27.2 Å². The Morgan fingerprint density at radius 1 is 0.933 bits per heavy atom. The van der Waals surface area contributed by atoms with Gasteiger partial charge in [-0.3, -0.25) is 0 Å². The van der Waals surface area contributed by atoms with E-state index in [0.29, 0.717) is 17.5 Å². The highest BCUT2D eigenvalue weighted by atomic mass is 32.1. The van der Waals surface area contributed by atoms with Crippen LogP contribution in [0.25, 0.3) is 10.2 Å². The summed E-state index contributed by atoms with van der Waals surface area (Å²) in [6.07, 6.45) is 3.58. The van der Waals surface area contributed by atoms with Crippen LogP contribution in [-0.4, -0.2) is 21.0 Å². The van der Waals surface area contributed by atoms with Gasteiger partial charge in [-0.1, -0.05) is 29.5 Å². The van der Waals surface area contributed by atoms with E-state index in [2.05, 4.69) is 20.6 Å². The number of allylic oxidation sites excluding steroid dienone is 2. The van der Waals surface area contributed by atoms with Crippen LogP contribution in [0, 0.1) is 0 Å². The van der Waals surface area contributed by atoms with Gasteiger partial charge in [0.1, 0.15) is 17.5 Å². The number of rotatable bonds is 5. The number of para-hydroxylation sites is 1. The van der Waals surface area contributed by atoms with Crippen molar-refractivity contribution in [3.63, 3.8) is 0 Å². The van der Waals surface area contributed by atoms with Crippen LogP contribution in [0.5, 0.6) is 0 Å². The first-order chi connectivity index (χ1) is 14.5. The van der Waals surface area contributed by atoms with E-state index in [9.17, 15) is 4.79 Å². The number of nitrogens with two attached hydrogens (primary N) is 2. The number of aromatic nitrogens is 2. The van der Waals surface area contributed by atoms with E-state index in [-0.39, 0.29) is 5.69 Å². The van der Waals surface area contributed by atoms with Gasteiger partial charge in [0.15, 0.2) is 10.8 Å². The zero-order chi connectivity index (χ0) is 21.1. The van der Waals surface area contributed by atoms with E-state index in [1.165, 1.54) is 6.07 Å². The number of benzene rings is 1. The molecule has 2 aromatic heterocycles. The lowest BCUT2D eigenvalue weighted by molar-refractivity contribution is 0.0690. The number of fused-ring (bicyclic) bond motifs is 1. The second-order valence-corrected chi connectivity index (χ2v) is 7.97. The van der Waals surface area contributed by atoms with Crippen molar-refractivity contribution in [3.05, 3.63) is 70.9 Å². The maximum atomic E-state index is 11.1. The molecule has 154 valence electrons. The molecule has 8 nitrogen and oxygen atoms in total. The highest BCUT2D eigenvalue weighted by Gasteiger charge is 2.19. The number of nitrogens with zero attached hydrogens (tertiary/aromatic N) is 2. The maximum Gasteiger partial charge on any atom is 0.354 e. The van der Waals surface area contributed by atoms with Crippen LogP contribution in [0.1, 0.15) is 36.2 Å². The van der Waals surface area contributed by atoms with Gasteiger partial charge in [0.25, 0.3) is 0 Å². The monoisotopic (exact) mass is 422 g/mol. The number of hydrogen-bond donors (Lipinski definition) is 5. The van der Waals surface area contributed by atoms with Crippen molar-refractivity contribution in [2.45, 2.75) is 25.7 Å². The van der Waals surface area contributed by atoms with Crippen LogP contribution in [0.15, 0.2) is 65.3 Å². The van der Waals surface area contributed by atoms with E-state index in [1.807, 2.05) is 24.3 Å². The summed E-state index contributed by atoms with van der Waals surface area (Å²) >= 11 is 1.54. The Hall–Kier alpha value is -3.59. The lowest BCUT2D eigenvalue weighted by Crippen LogP contribution is -2.21. The Labute approximate surface area is 177 Å². The van der Waals surface area contributed by atoms with Gasteiger partial charge in [0.2, 0.25) is 0 Å². The van der Waals surface area contributed by atoms with E-state index >= 15 is 0 Å². The van der Waals surface area contributed by atoms with Gasteiger partial charge in [-0.2, -0.15) is 0 Å². The molecule has 9 heteroatoms. The zero-order valence-corrected chi connectivity index (χ0v) is 17.0. The van der Waals surface area contributed by atoms with Crippen molar-refractivity contribution in [1.29, 1.82) is 0 Å². The molecule has 2 heterocycles. The van der Waals surface area contributed by atoms with Crippen LogP contribution < -0.4 is 22.1 Å². The molecule has 4 rings (SSSR count). The number of pyridine rings is 1. The molecule has 0 aliphatic heterocycles. The third-order valence-electron chi connectivity index (χ3n) is 4.88. The summed E-state index contributed by atoms with van der Waals surface area (Å²) in [5.41, 5.74) is 15.5. The Bertz CT molecular complexity index is 1130. The molecule has 3 aromatic rings. The lowest BCUT2D eigenvalue weighted by atomic mass is 9.89. The van der Waals surface area contributed by atoms with Crippen molar-refractivity contribution < 1.29 is 9.90 Å². The third kappa shape index (κ3) is 4.20. The van der Waals surface area contributed by atoms with Crippen LogP contribution in [0.3, 0.4) is 0 Å². The standard InChI is InChI=1S/C21H22N6O2S/c22-18(26-17-11-5-9-15(24-17)20(28)29)12-6-1-2-7-13(12)19(23)27-21-25-14-8-3-4-10-16(14)30-21/h3-5,8-11H,1-2,6-7,22-23H2,(H,24,26)(H,25,27)(H,28,29)/b18-12+,19-13+. The first kappa shape index (κ1) is 19.7. The molecule has 7 N–H and O–H groups in total. The Balaban J connectivity index is 1.62. The molecule has 0 saturated heterocycles. The summed E-state index contributed by atoms with van der Waals surface area (Å²) in [4.78, 5) is 19.8. The van der Waals surface area contributed by atoms with Crippen molar-refractivity contribution in [3.8, 4) is 0 Å². The predicted molar refractivity (Wildman–Crippen MR) is 119 cm³/mol. The number of carboxylic acid groups (broad SMARTS) is 1. The van der Waals surface area contributed by atoms with Crippen LogP contribution >= 0.6 is 11.3 Å². The average molecular weight is 423 g/mol. The van der Waals surface area contributed by atoms with Gasteiger partial charge in [0, 0.05) is 0 Å². The van der Waals surface area contributed by atoms with Gasteiger partial charge in [-0.15, -0.1) is 0 Å². The van der Waals surface area contributed by atoms with Crippen molar-refractivity contribution in [2.24, 2.45) is 11.5 Å². The Morgan fingerprint density at radius 3 is 2.33 bits per heavy atom. The zero-order valence-electron chi connectivity index (χ0n) is 16.2. The second-order valence-electron chi connectivity index (χ2n) is 6.94. The normalized spacial score (nSPS) is 17.5. The molecule has 0 atom stereocenters. The summed E-state index contributed by atoms with van der Waals surface area (Å²) in [7, 11) is 0. The molecule has 0 bridgehead atoms. The fourth-order valence-corrected chi connectivity index (χ4v) is 4.33. The van der Waals surface area contributed by atoms with Crippen molar-refractivity contribution >= 4 is 38.5 Å². The summed E-state index contributed by atoms with van der Waals surface area (Å²) in [5, 5.41) is 16.1. The number of aromatic carboxylic acids is 1. The number of carboxylic acids is 1. The fourth-order valence-electron chi connectivity index (χ4n) is 3.45. The molecule has 1 aliphatic carbocycles. The second kappa shape index (κ2) is 8.42. The Kier molecular flexibility index (Phi) is 5.53. The molecule has 0 amide bonds. The molecule has 0 radical (unpaired) electrons. The molecule has 1 aliphatic rings. The molecule has 1 fully saturated rings. The number of carbonyl (C=O) groups is 1. The first-order valence-corrected chi connectivity index (χ1v) is 10.4. The van der Waals surface area contributed by atoms with E-state index < -0.39 is 5.97 Å². The predicted octanol–water partition coefficient (Wildman–Crippen LogP) is 3.83. The summed E-state index contributed by atoms with van der Waals surface area (Å²) < 4.78 is 1.09. The largest absolute Gasteiger partial charge is 0.477 e. The van der Waals surface area contributed by atoms with Gasteiger partial charge in [0.05, 0.1) is 10.2 Å². The lowest BCUT2D eigenvalue weighted by Gasteiger charge is -2.23. The van der Waals surface area contributed by atoms with Crippen LogP contribution in [-0.2, 0) is 0 Å². The van der Waals surface area contributed by atoms with Crippen LogP contribution in [0.2, 0.25) is 0 Å². The molecule has 30 heavy (non-hydrogen) atoms. The smallest absolute Gasteiger partial charge is 0.354 e. The van der Waals surface area contributed by atoms with E-state index in [0.717, 1.165) is 52.2 Å². The van der Waals surface area contributed by atoms with Gasteiger partial charge >= 0.3 is 5.97 Å². The van der Waals surface area contributed by atoms with E-state index in [1.54, 1.807) is 23.5 Å². The van der Waals surface area contributed by atoms with Crippen molar-refractivity contribution in [1.82, 2.24) is 9.97 Å². The van der Waals surface area contributed by atoms with E-state index in [4.69, 9.17) is 16.6 Å². The maximum absolute atomic E-state index is 11.1. The van der Waals surface area contributed by atoms with Gasteiger partial charge in [-0.05, 0) is 61.1 Å².